The molecule has 0 unspecified atom stereocenters. The van der Waals surface area contributed by atoms with Crippen LogP contribution in [0, 0.1) is 6.92 Å². The van der Waals surface area contributed by atoms with Gasteiger partial charge in [-0.1, -0.05) is 18.2 Å². The van der Waals surface area contributed by atoms with Crippen molar-refractivity contribution in [2.45, 2.75) is 19.8 Å². The molecule has 0 saturated carbocycles. The third kappa shape index (κ3) is 6.08. The van der Waals surface area contributed by atoms with Gasteiger partial charge in [0.25, 0.3) is 0 Å². The van der Waals surface area contributed by atoms with Crippen LogP contribution < -0.4 is 10.2 Å². The van der Waals surface area contributed by atoms with Crippen molar-refractivity contribution < 1.29 is 14.7 Å². The van der Waals surface area contributed by atoms with Gasteiger partial charge >= 0.3 is 12.0 Å². The van der Waals surface area contributed by atoms with E-state index in [4.69, 9.17) is 5.11 Å². The van der Waals surface area contributed by atoms with Gasteiger partial charge in [-0.05, 0) is 37.0 Å². The van der Waals surface area contributed by atoms with E-state index in [-0.39, 0.29) is 19.0 Å². The van der Waals surface area contributed by atoms with E-state index < -0.39 is 5.97 Å². The van der Waals surface area contributed by atoms with E-state index in [2.05, 4.69) is 5.32 Å². The molecule has 1 aromatic rings. The number of urea groups is 1. The van der Waals surface area contributed by atoms with Gasteiger partial charge in [0.05, 0.1) is 6.42 Å². The van der Waals surface area contributed by atoms with Gasteiger partial charge in [-0.2, -0.15) is 11.8 Å². The average Bonchev–Trinajstić information content (AvgIpc) is 2.45. The number of para-hydroxylation sites is 1. The lowest BCUT2D eigenvalue weighted by Gasteiger charge is -2.24. The lowest BCUT2D eigenvalue weighted by molar-refractivity contribution is -0.136. The molecule has 21 heavy (non-hydrogen) atoms. The van der Waals surface area contributed by atoms with Crippen LogP contribution >= 0.6 is 11.8 Å². The molecule has 116 valence electrons. The number of amides is 2. The molecular weight excluding hydrogens is 288 g/mol. The van der Waals surface area contributed by atoms with Crippen LogP contribution in [0.5, 0.6) is 0 Å². The number of hydrogen-bond acceptors (Lipinski definition) is 3. The van der Waals surface area contributed by atoms with Crippen molar-refractivity contribution in [1.82, 2.24) is 5.32 Å². The first-order chi connectivity index (χ1) is 10.1. The molecule has 0 aliphatic carbocycles. The van der Waals surface area contributed by atoms with Crippen molar-refractivity contribution in [2.75, 3.05) is 30.0 Å². The third-order valence-electron chi connectivity index (χ3n) is 3.00. The van der Waals surface area contributed by atoms with Crippen LogP contribution in [-0.2, 0) is 4.79 Å². The maximum atomic E-state index is 12.3. The van der Waals surface area contributed by atoms with Gasteiger partial charge in [0.2, 0.25) is 0 Å². The van der Waals surface area contributed by atoms with Crippen molar-refractivity contribution in [3.05, 3.63) is 29.8 Å². The first kappa shape index (κ1) is 17.4. The van der Waals surface area contributed by atoms with E-state index in [9.17, 15) is 9.59 Å². The van der Waals surface area contributed by atoms with E-state index in [1.807, 2.05) is 37.4 Å². The molecule has 2 amide bonds. The zero-order valence-corrected chi connectivity index (χ0v) is 13.3. The highest BCUT2D eigenvalue weighted by Crippen LogP contribution is 2.19. The van der Waals surface area contributed by atoms with Crippen LogP contribution in [-0.4, -0.2) is 42.2 Å². The highest BCUT2D eigenvalue weighted by atomic mass is 32.2. The molecule has 0 bridgehead atoms. The monoisotopic (exact) mass is 310 g/mol. The van der Waals surface area contributed by atoms with Crippen LogP contribution in [0.3, 0.4) is 0 Å². The van der Waals surface area contributed by atoms with Gasteiger partial charge in [0.15, 0.2) is 0 Å². The largest absolute Gasteiger partial charge is 0.481 e. The number of aryl methyl sites for hydroxylation is 1. The fourth-order valence-electron chi connectivity index (χ4n) is 1.91. The smallest absolute Gasteiger partial charge is 0.321 e. The van der Waals surface area contributed by atoms with Crippen molar-refractivity contribution in [2.24, 2.45) is 0 Å². The summed E-state index contributed by atoms with van der Waals surface area (Å²) in [7, 11) is 0. The molecule has 5 nitrogen and oxygen atoms in total. The van der Waals surface area contributed by atoms with E-state index >= 15 is 0 Å². The summed E-state index contributed by atoms with van der Waals surface area (Å²) in [5.74, 6) is 0.0727. The molecular formula is C15H22N2O3S. The summed E-state index contributed by atoms with van der Waals surface area (Å²) in [4.78, 5) is 24.6. The number of aliphatic carboxylic acids is 1. The first-order valence-corrected chi connectivity index (χ1v) is 8.27. The molecule has 0 aromatic heterocycles. The number of carboxylic acids is 1. The second-order valence-corrected chi connectivity index (χ2v) is 5.65. The summed E-state index contributed by atoms with van der Waals surface area (Å²) < 4.78 is 0. The highest BCUT2D eigenvalue weighted by Gasteiger charge is 2.17. The quantitative estimate of drug-likeness (QED) is 0.724. The molecule has 0 spiro atoms. The van der Waals surface area contributed by atoms with E-state index in [1.165, 1.54) is 4.90 Å². The van der Waals surface area contributed by atoms with Gasteiger partial charge < -0.3 is 10.4 Å². The topological polar surface area (TPSA) is 69.6 Å². The third-order valence-corrected chi connectivity index (χ3v) is 3.70. The lowest BCUT2D eigenvalue weighted by Crippen LogP contribution is -2.42. The number of nitrogens with zero attached hydrogens (tertiary/aromatic N) is 1. The van der Waals surface area contributed by atoms with Crippen molar-refractivity contribution in [3.63, 3.8) is 0 Å². The van der Waals surface area contributed by atoms with E-state index in [1.54, 1.807) is 11.8 Å². The minimum Gasteiger partial charge on any atom is -0.481 e. The minimum atomic E-state index is -0.913. The Morgan fingerprint density at radius 1 is 1.33 bits per heavy atom. The number of anilines is 1. The molecule has 0 atom stereocenters. The van der Waals surface area contributed by atoms with Crippen molar-refractivity contribution >= 4 is 29.4 Å². The second kappa shape index (κ2) is 9.28. The number of thioether (sulfide) groups is 1. The first-order valence-electron chi connectivity index (χ1n) is 6.88. The van der Waals surface area contributed by atoms with Crippen LogP contribution in [0.1, 0.15) is 18.4 Å². The Hall–Kier alpha value is -1.69. The zero-order chi connectivity index (χ0) is 15.7. The summed E-state index contributed by atoms with van der Waals surface area (Å²) in [5.41, 5.74) is 1.70. The molecule has 0 aliphatic rings. The van der Waals surface area contributed by atoms with Crippen LogP contribution in [0.4, 0.5) is 10.5 Å². The molecule has 1 aromatic carbocycles. The fraction of sp³-hybridized carbons (Fsp3) is 0.467. The summed E-state index contributed by atoms with van der Waals surface area (Å²) >= 11 is 1.73. The van der Waals surface area contributed by atoms with Gasteiger partial charge in [-0.25, -0.2) is 4.79 Å². The number of carbonyl (C=O) groups excluding carboxylic acids is 1. The number of rotatable bonds is 8. The molecule has 2 N–H and O–H groups in total. The summed E-state index contributed by atoms with van der Waals surface area (Å²) in [6.07, 6.45) is 2.84. The summed E-state index contributed by atoms with van der Waals surface area (Å²) in [5, 5.41) is 11.7. The van der Waals surface area contributed by atoms with Crippen molar-refractivity contribution in [1.29, 1.82) is 0 Å². The maximum absolute atomic E-state index is 12.3. The Morgan fingerprint density at radius 2 is 2.05 bits per heavy atom. The highest BCUT2D eigenvalue weighted by molar-refractivity contribution is 7.98. The maximum Gasteiger partial charge on any atom is 0.321 e. The predicted molar refractivity (Wildman–Crippen MR) is 87.2 cm³/mol. The van der Waals surface area contributed by atoms with Crippen molar-refractivity contribution in [3.8, 4) is 0 Å². The van der Waals surface area contributed by atoms with Gasteiger partial charge in [0.1, 0.15) is 0 Å². The molecule has 0 aliphatic heterocycles. The Balaban J connectivity index is 2.74. The molecule has 6 heteroatoms. The second-order valence-electron chi connectivity index (χ2n) is 4.66. The van der Waals surface area contributed by atoms with Crippen LogP contribution in [0.15, 0.2) is 24.3 Å². The summed E-state index contributed by atoms with van der Waals surface area (Å²) in [6.45, 7) is 2.66. The normalized spacial score (nSPS) is 10.2. The Bertz CT molecular complexity index is 480. The number of hydrogen-bond donors (Lipinski definition) is 2. The fourth-order valence-corrected chi connectivity index (χ4v) is 2.35. The number of carbonyl (C=O) groups is 2. The molecule has 0 saturated heterocycles. The molecule has 0 radical (unpaired) electrons. The molecule has 1 rings (SSSR count). The van der Waals surface area contributed by atoms with Crippen LogP contribution in [0.25, 0.3) is 0 Å². The Morgan fingerprint density at radius 3 is 2.67 bits per heavy atom. The molecule has 0 fully saturated rings. The predicted octanol–water partition coefficient (Wildman–Crippen LogP) is 2.74. The molecule has 0 heterocycles. The van der Waals surface area contributed by atoms with Gasteiger partial charge in [-0.3, -0.25) is 9.69 Å². The number of nitrogens with one attached hydrogen (secondary N) is 1. The minimum absolute atomic E-state index is 0.0768. The Labute approximate surface area is 129 Å². The standard InChI is InChI=1S/C15H22N2O3S/c1-12-6-3-4-7-13(12)17(10-8-14(18)19)15(20)16-9-5-11-21-2/h3-4,6-7H,5,8-11H2,1-2H3,(H,16,20)(H,18,19). The Kier molecular flexibility index (Phi) is 7.68. The number of benzene rings is 1. The van der Waals surface area contributed by atoms with Gasteiger partial charge in [0, 0.05) is 18.8 Å². The van der Waals surface area contributed by atoms with Crippen LogP contribution in [0.2, 0.25) is 0 Å². The van der Waals surface area contributed by atoms with E-state index in [0.717, 1.165) is 23.4 Å². The average molecular weight is 310 g/mol. The van der Waals surface area contributed by atoms with Gasteiger partial charge in [-0.15, -0.1) is 0 Å². The van der Waals surface area contributed by atoms with E-state index in [0.29, 0.717) is 6.54 Å². The number of carboxylic acid groups (broad SMARTS) is 1. The zero-order valence-electron chi connectivity index (χ0n) is 12.5. The summed E-state index contributed by atoms with van der Waals surface area (Å²) in [6, 6.07) is 7.23. The lowest BCUT2D eigenvalue weighted by atomic mass is 10.2. The SMILES string of the molecule is CSCCCNC(=O)N(CCC(=O)O)c1ccccc1C.